The highest BCUT2D eigenvalue weighted by Crippen LogP contribution is 2.24. The SMILES string of the molecule is NC(=O)c1ccccc1NC(=O)c1csc2nc(-c3ccccc3)cn12. The Kier molecular flexibility index (Phi) is 3.98. The van der Waals surface area contributed by atoms with E-state index in [2.05, 4.69) is 10.3 Å². The molecule has 0 fully saturated rings. The quantitative estimate of drug-likeness (QED) is 0.583. The van der Waals surface area contributed by atoms with E-state index in [1.807, 2.05) is 36.5 Å². The lowest BCUT2D eigenvalue weighted by molar-refractivity contribution is 0.100. The van der Waals surface area contributed by atoms with Gasteiger partial charge in [-0.1, -0.05) is 42.5 Å². The van der Waals surface area contributed by atoms with Gasteiger partial charge in [-0.15, -0.1) is 11.3 Å². The number of fused-ring (bicyclic) bond motifs is 1. The maximum atomic E-state index is 12.7. The van der Waals surface area contributed by atoms with E-state index in [4.69, 9.17) is 5.73 Å². The number of nitrogens with two attached hydrogens (primary N) is 1. The number of aromatic nitrogens is 2. The molecule has 0 unspecified atom stereocenters. The van der Waals surface area contributed by atoms with Crippen LogP contribution in [-0.2, 0) is 0 Å². The van der Waals surface area contributed by atoms with Crippen molar-refractivity contribution in [2.45, 2.75) is 0 Å². The van der Waals surface area contributed by atoms with Crippen molar-refractivity contribution < 1.29 is 9.59 Å². The van der Waals surface area contributed by atoms with E-state index in [0.29, 0.717) is 11.4 Å². The molecule has 0 radical (unpaired) electrons. The molecule has 7 heteroatoms. The van der Waals surface area contributed by atoms with Crippen LogP contribution < -0.4 is 11.1 Å². The minimum absolute atomic E-state index is 0.267. The summed E-state index contributed by atoms with van der Waals surface area (Å²) in [4.78, 5) is 29.5. The Hall–Kier alpha value is -3.45. The molecule has 0 saturated heterocycles. The Bertz CT molecular complexity index is 1110. The predicted molar refractivity (Wildman–Crippen MR) is 101 cm³/mol. The topological polar surface area (TPSA) is 89.5 Å². The van der Waals surface area contributed by atoms with Crippen LogP contribution in [0.2, 0.25) is 0 Å². The summed E-state index contributed by atoms with van der Waals surface area (Å²) >= 11 is 1.38. The van der Waals surface area contributed by atoms with E-state index in [-0.39, 0.29) is 11.5 Å². The van der Waals surface area contributed by atoms with Gasteiger partial charge in [0.05, 0.1) is 16.9 Å². The zero-order valence-electron chi connectivity index (χ0n) is 13.5. The first-order valence-corrected chi connectivity index (χ1v) is 8.73. The van der Waals surface area contributed by atoms with E-state index < -0.39 is 5.91 Å². The highest BCUT2D eigenvalue weighted by atomic mass is 32.1. The molecule has 0 spiro atoms. The normalized spacial score (nSPS) is 10.8. The molecule has 26 heavy (non-hydrogen) atoms. The third-order valence-corrected chi connectivity index (χ3v) is 4.79. The molecule has 0 aliphatic heterocycles. The fourth-order valence-electron chi connectivity index (χ4n) is 2.69. The number of para-hydroxylation sites is 1. The van der Waals surface area contributed by atoms with Crippen molar-refractivity contribution in [3.05, 3.63) is 77.4 Å². The van der Waals surface area contributed by atoms with Crippen molar-refractivity contribution in [2.75, 3.05) is 5.32 Å². The minimum Gasteiger partial charge on any atom is -0.366 e. The zero-order valence-corrected chi connectivity index (χ0v) is 14.4. The summed E-state index contributed by atoms with van der Waals surface area (Å²) in [5.41, 5.74) is 8.23. The van der Waals surface area contributed by atoms with Gasteiger partial charge in [0.15, 0.2) is 4.96 Å². The number of primary amides is 1. The van der Waals surface area contributed by atoms with E-state index in [9.17, 15) is 9.59 Å². The highest BCUT2D eigenvalue weighted by Gasteiger charge is 2.17. The monoisotopic (exact) mass is 362 g/mol. The van der Waals surface area contributed by atoms with Crippen molar-refractivity contribution in [3.63, 3.8) is 0 Å². The van der Waals surface area contributed by atoms with Gasteiger partial charge in [0.1, 0.15) is 5.69 Å². The molecular formula is C19H14N4O2S. The molecule has 2 aromatic carbocycles. The number of imidazole rings is 1. The Morgan fingerprint density at radius 1 is 1.04 bits per heavy atom. The van der Waals surface area contributed by atoms with Gasteiger partial charge in [0.2, 0.25) is 0 Å². The maximum Gasteiger partial charge on any atom is 0.273 e. The number of rotatable bonds is 4. The van der Waals surface area contributed by atoms with Gasteiger partial charge >= 0.3 is 0 Å². The zero-order chi connectivity index (χ0) is 18.1. The summed E-state index contributed by atoms with van der Waals surface area (Å²) in [6, 6.07) is 16.4. The lowest BCUT2D eigenvalue weighted by Gasteiger charge is -2.08. The summed E-state index contributed by atoms with van der Waals surface area (Å²) in [5, 5.41) is 4.49. The van der Waals surface area contributed by atoms with Crippen LogP contribution >= 0.6 is 11.3 Å². The number of hydrogen-bond acceptors (Lipinski definition) is 4. The third kappa shape index (κ3) is 2.84. The highest BCUT2D eigenvalue weighted by molar-refractivity contribution is 7.15. The second-order valence-electron chi connectivity index (χ2n) is 5.63. The summed E-state index contributed by atoms with van der Waals surface area (Å²) < 4.78 is 1.75. The van der Waals surface area contributed by atoms with Gasteiger partial charge < -0.3 is 11.1 Å². The van der Waals surface area contributed by atoms with Gasteiger partial charge in [-0.05, 0) is 12.1 Å². The molecule has 4 aromatic rings. The summed E-state index contributed by atoms with van der Waals surface area (Å²) in [7, 11) is 0. The molecule has 3 N–H and O–H groups in total. The fourth-order valence-corrected chi connectivity index (χ4v) is 3.54. The average Bonchev–Trinajstić information content (AvgIpc) is 3.23. The Morgan fingerprint density at radius 3 is 2.54 bits per heavy atom. The third-order valence-electron chi connectivity index (χ3n) is 3.95. The van der Waals surface area contributed by atoms with Crippen molar-refractivity contribution in [2.24, 2.45) is 5.73 Å². The van der Waals surface area contributed by atoms with E-state index in [1.54, 1.807) is 34.0 Å². The lowest BCUT2D eigenvalue weighted by Crippen LogP contribution is -2.19. The van der Waals surface area contributed by atoms with Crippen LogP contribution in [-0.4, -0.2) is 21.2 Å². The molecule has 2 aromatic heterocycles. The number of anilines is 1. The molecule has 0 atom stereocenters. The molecule has 4 rings (SSSR count). The number of amides is 2. The van der Waals surface area contributed by atoms with Crippen LogP contribution in [0, 0.1) is 0 Å². The van der Waals surface area contributed by atoms with Crippen LogP contribution in [0.5, 0.6) is 0 Å². The first-order valence-electron chi connectivity index (χ1n) is 7.85. The number of nitrogens with zero attached hydrogens (tertiary/aromatic N) is 2. The number of benzene rings is 2. The molecular weight excluding hydrogens is 348 g/mol. The van der Waals surface area contributed by atoms with Crippen molar-refractivity contribution in [1.82, 2.24) is 9.38 Å². The number of carbonyl (C=O) groups is 2. The molecule has 0 saturated carbocycles. The van der Waals surface area contributed by atoms with Crippen LogP contribution in [0.4, 0.5) is 5.69 Å². The molecule has 2 heterocycles. The number of thiazole rings is 1. The predicted octanol–water partition coefficient (Wildman–Crippen LogP) is 3.41. The van der Waals surface area contributed by atoms with E-state index >= 15 is 0 Å². The molecule has 6 nitrogen and oxygen atoms in total. The summed E-state index contributed by atoms with van der Waals surface area (Å²) in [6.45, 7) is 0. The van der Waals surface area contributed by atoms with Crippen molar-refractivity contribution in [1.29, 1.82) is 0 Å². The number of hydrogen-bond donors (Lipinski definition) is 2. The van der Waals surface area contributed by atoms with Gasteiger partial charge in [-0.2, -0.15) is 0 Å². The molecule has 128 valence electrons. The van der Waals surface area contributed by atoms with Gasteiger partial charge in [-0.3, -0.25) is 14.0 Å². The Labute approximate surface area is 152 Å². The van der Waals surface area contributed by atoms with Crippen molar-refractivity contribution in [3.8, 4) is 11.3 Å². The van der Waals surface area contributed by atoms with Crippen molar-refractivity contribution >= 4 is 33.8 Å². The van der Waals surface area contributed by atoms with Gasteiger partial charge in [-0.25, -0.2) is 4.98 Å². The van der Waals surface area contributed by atoms with Gasteiger partial charge in [0.25, 0.3) is 11.8 Å². The van der Waals surface area contributed by atoms with E-state index in [1.165, 1.54) is 11.3 Å². The number of nitrogens with one attached hydrogen (secondary N) is 1. The van der Waals surface area contributed by atoms with E-state index in [0.717, 1.165) is 16.2 Å². The summed E-state index contributed by atoms with van der Waals surface area (Å²) in [6.07, 6.45) is 1.83. The van der Waals surface area contributed by atoms with Crippen LogP contribution in [0.3, 0.4) is 0 Å². The smallest absolute Gasteiger partial charge is 0.273 e. The van der Waals surface area contributed by atoms with Crippen LogP contribution in [0.25, 0.3) is 16.2 Å². The first-order chi connectivity index (χ1) is 12.6. The van der Waals surface area contributed by atoms with Crippen LogP contribution in [0.1, 0.15) is 20.8 Å². The second kappa shape index (κ2) is 6.45. The van der Waals surface area contributed by atoms with Crippen LogP contribution in [0.15, 0.2) is 66.2 Å². The Balaban J connectivity index is 1.68. The number of carbonyl (C=O) groups excluding carboxylic acids is 2. The largest absolute Gasteiger partial charge is 0.366 e. The molecule has 0 aliphatic rings. The minimum atomic E-state index is -0.592. The standard InChI is InChI=1S/C19H14N4O2S/c20-17(24)13-8-4-5-9-14(13)21-18(25)16-11-26-19-22-15(10-23(16)19)12-6-2-1-3-7-12/h1-11H,(H2,20,24)(H,21,25). The lowest BCUT2D eigenvalue weighted by atomic mass is 10.1. The fraction of sp³-hybridized carbons (Fsp3) is 0. The van der Waals surface area contributed by atoms with Gasteiger partial charge in [0, 0.05) is 17.1 Å². The Morgan fingerprint density at radius 2 is 1.77 bits per heavy atom. The molecule has 0 bridgehead atoms. The first kappa shape index (κ1) is 16.0. The molecule has 2 amide bonds. The molecule has 0 aliphatic carbocycles. The second-order valence-corrected chi connectivity index (χ2v) is 6.47. The summed E-state index contributed by atoms with van der Waals surface area (Å²) in [5.74, 6) is -0.924. The average molecular weight is 362 g/mol. The maximum absolute atomic E-state index is 12.7.